The molecule has 0 saturated carbocycles. The average molecular weight is 500 g/mol. The van der Waals surface area contributed by atoms with Crippen LogP contribution < -0.4 is 14.2 Å². The van der Waals surface area contributed by atoms with E-state index in [-0.39, 0.29) is 43.0 Å². The van der Waals surface area contributed by atoms with Crippen LogP contribution in [0.4, 0.5) is 8.78 Å². The fourth-order valence-electron chi connectivity index (χ4n) is 4.50. The van der Waals surface area contributed by atoms with E-state index in [0.717, 1.165) is 12.1 Å². The maximum absolute atomic E-state index is 14.8. The predicted molar refractivity (Wildman–Crippen MR) is 120 cm³/mol. The van der Waals surface area contributed by atoms with Crippen LogP contribution in [0.5, 0.6) is 17.2 Å². The predicted octanol–water partition coefficient (Wildman–Crippen LogP) is 3.44. The van der Waals surface area contributed by atoms with Gasteiger partial charge in [-0.3, -0.25) is 9.35 Å². The molecule has 1 atom stereocenters. The van der Waals surface area contributed by atoms with E-state index in [1.54, 1.807) is 0 Å². The summed E-state index contributed by atoms with van der Waals surface area (Å²) in [7, 11) is 0.0936. The van der Waals surface area contributed by atoms with Gasteiger partial charge in [0.05, 0.1) is 27.1 Å². The highest BCUT2D eigenvalue weighted by molar-refractivity contribution is 7.85. The van der Waals surface area contributed by atoms with Crippen molar-refractivity contribution in [1.82, 2.24) is 4.90 Å². The molecule has 34 heavy (non-hydrogen) atoms. The Morgan fingerprint density at radius 2 is 1.74 bits per heavy atom. The number of hydrogen-bond acceptors (Lipinski definition) is 6. The number of benzene rings is 2. The molecule has 3 rings (SSSR count). The number of hydrogen-bond donors (Lipinski definition) is 1. The van der Waals surface area contributed by atoms with Crippen LogP contribution in [0.2, 0.25) is 0 Å². The van der Waals surface area contributed by atoms with Crippen molar-refractivity contribution < 1.29 is 40.8 Å². The van der Waals surface area contributed by atoms with E-state index < -0.39 is 32.9 Å². The highest BCUT2D eigenvalue weighted by Crippen LogP contribution is 2.42. The first-order valence-corrected chi connectivity index (χ1v) is 12.1. The number of likely N-dealkylation sites (tertiary alicyclic amines) is 1. The van der Waals surface area contributed by atoms with Gasteiger partial charge in [-0.1, -0.05) is 6.07 Å². The molecule has 2 aromatic rings. The molecule has 1 amide bonds. The largest absolute Gasteiger partial charge is 0.493 e. The van der Waals surface area contributed by atoms with E-state index in [9.17, 15) is 22.0 Å². The Hall–Kier alpha value is -2.92. The van der Waals surface area contributed by atoms with Crippen molar-refractivity contribution in [3.05, 3.63) is 53.1 Å². The number of nitrogens with zero attached hydrogens (tertiary/aromatic N) is 1. The molecule has 1 fully saturated rings. The lowest BCUT2D eigenvalue weighted by Gasteiger charge is -2.30. The molecule has 8 nitrogen and oxygen atoms in total. The van der Waals surface area contributed by atoms with Crippen molar-refractivity contribution in [2.75, 3.05) is 40.2 Å². The second-order valence-electron chi connectivity index (χ2n) is 8.18. The van der Waals surface area contributed by atoms with Gasteiger partial charge in [0.25, 0.3) is 16.0 Å². The number of carbonyl (C=O) groups is 1. The summed E-state index contributed by atoms with van der Waals surface area (Å²) in [4.78, 5) is 14.9. The molecule has 11 heteroatoms. The number of methoxy groups -OCH3 is 3. The van der Waals surface area contributed by atoms with E-state index in [1.807, 2.05) is 0 Å². The topological polar surface area (TPSA) is 102 Å². The third-order valence-electron chi connectivity index (χ3n) is 6.11. The van der Waals surface area contributed by atoms with Crippen LogP contribution in [0.15, 0.2) is 30.3 Å². The van der Waals surface area contributed by atoms with Crippen LogP contribution in [0, 0.1) is 11.6 Å². The quantitative estimate of drug-likeness (QED) is 0.528. The fraction of sp³-hybridized carbons (Fsp3) is 0.435. The van der Waals surface area contributed by atoms with Crippen LogP contribution in [-0.4, -0.2) is 63.9 Å². The lowest BCUT2D eigenvalue weighted by atomic mass is 9.76. The van der Waals surface area contributed by atoms with Gasteiger partial charge in [-0.25, -0.2) is 8.78 Å². The van der Waals surface area contributed by atoms with E-state index >= 15 is 0 Å². The molecule has 0 spiro atoms. The summed E-state index contributed by atoms with van der Waals surface area (Å²) in [5.41, 5.74) is -0.481. The van der Waals surface area contributed by atoms with Crippen molar-refractivity contribution in [2.24, 2.45) is 0 Å². The van der Waals surface area contributed by atoms with Crippen LogP contribution >= 0.6 is 0 Å². The summed E-state index contributed by atoms with van der Waals surface area (Å²) in [5.74, 6) is -1.44. The van der Waals surface area contributed by atoms with Gasteiger partial charge in [-0.05, 0) is 43.0 Å². The number of halogens is 2. The number of ether oxygens (including phenoxy) is 3. The van der Waals surface area contributed by atoms with Crippen LogP contribution in [0.25, 0.3) is 0 Å². The Morgan fingerprint density at radius 1 is 1.09 bits per heavy atom. The third kappa shape index (κ3) is 5.41. The fourth-order valence-corrected chi connectivity index (χ4v) is 5.01. The molecule has 0 bridgehead atoms. The molecule has 1 N–H and O–H groups in total. The van der Waals surface area contributed by atoms with Gasteiger partial charge in [0.15, 0.2) is 11.5 Å². The average Bonchev–Trinajstić information content (AvgIpc) is 3.21. The molecule has 1 aliphatic rings. The van der Waals surface area contributed by atoms with E-state index in [2.05, 4.69) is 0 Å². The zero-order valence-electron chi connectivity index (χ0n) is 19.1. The summed E-state index contributed by atoms with van der Waals surface area (Å²) < 4.78 is 75.8. The van der Waals surface area contributed by atoms with E-state index in [0.29, 0.717) is 23.7 Å². The normalized spacial score (nSPS) is 18.1. The maximum Gasteiger partial charge on any atom is 0.264 e. The number of rotatable bonds is 9. The van der Waals surface area contributed by atoms with E-state index in [4.69, 9.17) is 18.8 Å². The molecular weight excluding hydrogens is 472 g/mol. The lowest BCUT2D eigenvalue weighted by molar-refractivity contribution is 0.0780. The molecule has 1 unspecified atom stereocenters. The monoisotopic (exact) mass is 499 g/mol. The van der Waals surface area contributed by atoms with Gasteiger partial charge in [-0.2, -0.15) is 8.42 Å². The summed E-state index contributed by atoms with van der Waals surface area (Å²) in [6.45, 7) is 0.342. The first kappa shape index (κ1) is 25.7. The minimum Gasteiger partial charge on any atom is -0.493 e. The first-order chi connectivity index (χ1) is 16.0. The van der Waals surface area contributed by atoms with Crippen molar-refractivity contribution in [3.63, 3.8) is 0 Å². The van der Waals surface area contributed by atoms with Gasteiger partial charge in [0, 0.05) is 30.1 Å². The van der Waals surface area contributed by atoms with Crippen molar-refractivity contribution in [3.8, 4) is 17.2 Å². The Morgan fingerprint density at radius 3 is 2.26 bits per heavy atom. The molecule has 1 aliphatic heterocycles. The van der Waals surface area contributed by atoms with Crippen molar-refractivity contribution >= 4 is 16.0 Å². The molecule has 0 aliphatic carbocycles. The highest BCUT2D eigenvalue weighted by atomic mass is 32.2. The summed E-state index contributed by atoms with van der Waals surface area (Å²) >= 11 is 0. The Balaban J connectivity index is 1.94. The van der Waals surface area contributed by atoms with E-state index in [1.165, 1.54) is 44.4 Å². The molecule has 2 aromatic carbocycles. The van der Waals surface area contributed by atoms with Gasteiger partial charge in [-0.15, -0.1) is 0 Å². The number of amides is 1. The molecule has 0 aromatic heterocycles. The van der Waals surface area contributed by atoms with Gasteiger partial charge >= 0.3 is 0 Å². The standard InChI is InChI=1S/C23H27F2NO7S/c1-31-19-11-15(12-20(32-2)21(19)33-3)22(27)26-9-8-23(14-26,7-4-10-34(28,29)30)17-6-5-16(24)13-18(17)25/h5-6,11-13H,4,7-10,14H2,1-3H3,(H,28,29,30). The highest BCUT2D eigenvalue weighted by Gasteiger charge is 2.43. The first-order valence-electron chi connectivity index (χ1n) is 10.5. The molecule has 186 valence electrons. The van der Waals surface area contributed by atoms with Crippen LogP contribution in [0.3, 0.4) is 0 Å². The summed E-state index contributed by atoms with van der Waals surface area (Å²) in [6, 6.07) is 6.25. The molecule has 1 heterocycles. The number of carbonyl (C=O) groups excluding carboxylic acids is 1. The van der Waals surface area contributed by atoms with Crippen molar-refractivity contribution in [2.45, 2.75) is 24.7 Å². The second kappa shape index (κ2) is 10.1. The Labute approximate surface area is 197 Å². The summed E-state index contributed by atoms with van der Waals surface area (Å²) in [5, 5.41) is 0. The van der Waals surface area contributed by atoms with Gasteiger partial charge in [0.2, 0.25) is 5.75 Å². The van der Waals surface area contributed by atoms with Crippen LogP contribution in [-0.2, 0) is 15.5 Å². The zero-order valence-corrected chi connectivity index (χ0v) is 20.0. The van der Waals surface area contributed by atoms with Gasteiger partial charge < -0.3 is 19.1 Å². The molecular formula is C23H27F2NO7S. The summed E-state index contributed by atoms with van der Waals surface area (Å²) in [6.07, 6.45) is 0.549. The lowest BCUT2D eigenvalue weighted by Crippen LogP contribution is -2.35. The molecule has 0 radical (unpaired) electrons. The minimum atomic E-state index is -4.21. The van der Waals surface area contributed by atoms with Gasteiger partial charge in [0.1, 0.15) is 11.6 Å². The van der Waals surface area contributed by atoms with Crippen LogP contribution in [0.1, 0.15) is 35.2 Å². The second-order valence-corrected chi connectivity index (χ2v) is 9.76. The SMILES string of the molecule is COc1cc(C(=O)N2CCC(CCCS(=O)(=O)O)(c3ccc(F)cc3F)C2)cc(OC)c1OC. The maximum atomic E-state index is 14.8. The Kier molecular flexibility index (Phi) is 7.67. The Bertz CT molecular complexity index is 1150. The smallest absolute Gasteiger partial charge is 0.264 e. The minimum absolute atomic E-state index is 0.0435. The third-order valence-corrected chi connectivity index (χ3v) is 6.92. The van der Waals surface area contributed by atoms with Crippen molar-refractivity contribution in [1.29, 1.82) is 0 Å². The zero-order chi connectivity index (χ0) is 25.1. The molecule has 1 saturated heterocycles.